The number of benzene rings is 2. The number of rotatable bonds is 6. The first-order chi connectivity index (χ1) is 15.1. The minimum Gasteiger partial charge on any atom is -0.439 e. The van der Waals surface area contributed by atoms with Crippen LogP contribution in [-0.4, -0.2) is 52.2 Å². The van der Waals surface area contributed by atoms with Gasteiger partial charge in [0.2, 0.25) is 11.8 Å². The van der Waals surface area contributed by atoms with Crippen molar-refractivity contribution in [2.24, 2.45) is 0 Å². The molecule has 31 heavy (non-hydrogen) atoms. The molecular weight excluding hydrogens is 432 g/mol. The molecule has 1 aromatic heterocycles. The van der Waals surface area contributed by atoms with E-state index in [4.69, 9.17) is 16.3 Å². The predicted molar refractivity (Wildman–Crippen MR) is 124 cm³/mol. The van der Waals surface area contributed by atoms with Crippen molar-refractivity contribution in [3.63, 3.8) is 0 Å². The fourth-order valence-corrected chi connectivity index (χ4v) is 4.48. The second-order valence-corrected chi connectivity index (χ2v) is 8.74. The summed E-state index contributed by atoms with van der Waals surface area (Å²) < 4.78 is 5.82. The summed E-state index contributed by atoms with van der Waals surface area (Å²) in [6.45, 7) is 4.14. The average Bonchev–Trinajstić information content (AvgIpc) is 2.78. The average molecular weight is 455 g/mol. The molecule has 1 aliphatic heterocycles. The van der Waals surface area contributed by atoms with Gasteiger partial charge in [-0.05, 0) is 37.3 Å². The van der Waals surface area contributed by atoms with Crippen LogP contribution in [0.1, 0.15) is 6.92 Å². The van der Waals surface area contributed by atoms with Crippen LogP contribution in [0.15, 0.2) is 71.9 Å². The van der Waals surface area contributed by atoms with Crippen LogP contribution in [0.5, 0.6) is 11.6 Å². The molecule has 1 fully saturated rings. The van der Waals surface area contributed by atoms with Gasteiger partial charge in [0, 0.05) is 41.7 Å². The zero-order valence-electron chi connectivity index (χ0n) is 17.1. The maximum atomic E-state index is 12.7. The fraction of sp³-hybridized carbons (Fsp3) is 0.261. The number of carbonyl (C=O) groups is 1. The molecule has 1 amide bonds. The van der Waals surface area contributed by atoms with Crippen LogP contribution in [0.3, 0.4) is 0 Å². The summed E-state index contributed by atoms with van der Waals surface area (Å²) in [5, 5.41) is 0.604. The molecular formula is C23H23ClN4O2S. The Hall–Kier alpha value is -2.77. The lowest BCUT2D eigenvalue weighted by atomic mass is 10.2. The third-order valence-electron chi connectivity index (χ3n) is 5.02. The molecule has 0 saturated carbocycles. The van der Waals surface area contributed by atoms with Crippen LogP contribution >= 0.6 is 23.4 Å². The minimum atomic E-state index is 0.0879. The molecule has 0 N–H and O–H groups in total. The standard InChI is InChI=1S/C23H23ClN4O2S/c1-17-14-27(10-11-28(17)23(29)15-31-20-8-3-2-4-9-20)21-13-22(26-16-25-21)30-19-7-5-6-18(24)12-19/h2-9,12-13,16-17H,10-11,14-15H2,1H3/t17-/m1/s1. The van der Waals surface area contributed by atoms with Gasteiger partial charge in [0.15, 0.2) is 0 Å². The number of nitrogens with zero attached hydrogens (tertiary/aromatic N) is 4. The van der Waals surface area contributed by atoms with Gasteiger partial charge < -0.3 is 14.5 Å². The first kappa shape index (κ1) is 21.5. The fourth-order valence-electron chi connectivity index (χ4n) is 3.49. The summed E-state index contributed by atoms with van der Waals surface area (Å²) in [7, 11) is 0. The molecule has 3 aromatic rings. The molecule has 8 heteroatoms. The van der Waals surface area contributed by atoms with Gasteiger partial charge in [-0.2, -0.15) is 0 Å². The monoisotopic (exact) mass is 454 g/mol. The molecule has 0 bridgehead atoms. The third-order valence-corrected chi connectivity index (χ3v) is 6.26. The predicted octanol–water partition coefficient (Wildman–Crippen LogP) is 4.75. The van der Waals surface area contributed by atoms with Gasteiger partial charge in [-0.25, -0.2) is 9.97 Å². The smallest absolute Gasteiger partial charge is 0.233 e. The summed E-state index contributed by atoms with van der Waals surface area (Å²) in [5.41, 5.74) is 0. The first-order valence-corrected chi connectivity index (χ1v) is 11.4. The molecule has 2 aromatic carbocycles. The molecule has 2 heterocycles. The maximum Gasteiger partial charge on any atom is 0.233 e. The SMILES string of the molecule is C[C@@H]1CN(c2cc(Oc3cccc(Cl)c3)ncn2)CCN1C(=O)CSc1ccccc1. The van der Waals surface area contributed by atoms with E-state index in [1.54, 1.807) is 23.9 Å². The van der Waals surface area contributed by atoms with Crippen LogP contribution in [-0.2, 0) is 4.79 Å². The molecule has 1 atom stereocenters. The van der Waals surface area contributed by atoms with E-state index in [0.717, 1.165) is 10.7 Å². The van der Waals surface area contributed by atoms with Gasteiger partial charge >= 0.3 is 0 Å². The topological polar surface area (TPSA) is 58.6 Å². The van der Waals surface area contributed by atoms with Gasteiger partial charge in [0.05, 0.1) is 5.75 Å². The van der Waals surface area contributed by atoms with Crippen molar-refractivity contribution in [1.29, 1.82) is 0 Å². The highest BCUT2D eigenvalue weighted by Gasteiger charge is 2.28. The number of hydrogen-bond acceptors (Lipinski definition) is 6. The number of anilines is 1. The lowest BCUT2D eigenvalue weighted by molar-refractivity contribution is -0.130. The quantitative estimate of drug-likeness (QED) is 0.501. The number of thioether (sulfide) groups is 1. The third kappa shape index (κ3) is 5.68. The van der Waals surface area contributed by atoms with E-state index in [0.29, 0.717) is 42.0 Å². The number of halogens is 1. The van der Waals surface area contributed by atoms with Crippen LogP contribution < -0.4 is 9.64 Å². The molecule has 0 aliphatic carbocycles. The number of amides is 1. The van der Waals surface area contributed by atoms with Gasteiger partial charge in [-0.15, -0.1) is 11.8 Å². The minimum absolute atomic E-state index is 0.0879. The highest BCUT2D eigenvalue weighted by Crippen LogP contribution is 2.26. The van der Waals surface area contributed by atoms with Crippen molar-refractivity contribution >= 4 is 35.1 Å². The van der Waals surface area contributed by atoms with Gasteiger partial charge in [-0.1, -0.05) is 35.9 Å². The molecule has 6 nitrogen and oxygen atoms in total. The van der Waals surface area contributed by atoms with E-state index >= 15 is 0 Å². The van der Waals surface area contributed by atoms with Crippen LogP contribution in [0.25, 0.3) is 0 Å². The first-order valence-electron chi connectivity index (χ1n) is 10.1. The van der Waals surface area contributed by atoms with E-state index in [1.165, 1.54) is 6.33 Å². The van der Waals surface area contributed by atoms with Gasteiger partial charge in [0.25, 0.3) is 0 Å². The van der Waals surface area contributed by atoms with E-state index < -0.39 is 0 Å². The van der Waals surface area contributed by atoms with Crippen molar-refractivity contribution in [3.05, 3.63) is 72.0 Å². The van der Waals surface area contributed by atoms with Crippen LogP contribution in [0.4, 0.5) is 5.82 Å². The highest BCUT2D eigenvalue weighted by atomic mass is 35.5. The summed E-state index contributed by atoms with van der Waals surface area (Å²) in [6.07, 6.45) is 1.49. The lowest BCUT2D eigenvalue weighted by Crippen LogP contribution is -2.54. The Balaban J connectivity index is 1.35. The van der Waals surface area contributed by atoms with Gasteiger partial charge in [-0.3, -0.25) is 4.79 Å². The zero-order chi connectivity index (χ0) is 21.6. The second-order valence-electron chi connectivity index (χ2n) is 7.26. The van der Waals surface area contributed by atoms with Crippen molar-refractivity contribution < 1.29 is 9.53 Å². The second kappa shape index (κ2) is 10.0. The van der Waals surface area contributed by atoms with E-state index in [1.807, 2.05) is 53.4 Å². The Morgan fingerprint density at radius 2 is 1.97 bits per heavy atom. The summed E-state index contributed by atoms with van der Waals surface area (Å²) in [6, 6.07) is 19.1. The normalized spacial score (nSPS) is 16.3. The van der Waals surface area contributed by atoms with Crippen LogP contribution in [0.2, 0.25) is 5.02 Å². The molecule has 160 valence electrons. The van der Waals surface area contributed by atoms with Crippen LogP contribution in [0, 0.1) is 0 Å². The highest BCUT2D eigenvalue weighted by molar-refractivity contribution is 8.00. The lowest BCUT2D eigenvalue weighted by Gasteiger charge is -2.40. The zero-order valence-corrected chi connectivity index (χ0v) is 18.7. The largest absolute Gasteiger partial charge is 0.439 e. The number of piperazine rings is 1. The van der Waals surface area contributed by atoms with E-state index in [-0.39, 0.29) is 11.9 Å². The molecule has 0 spiro atoms. The molecule has 1 aliphatic rings. The van der Waals surface area contributed by atoms with E-state index in [2.05, 4.69) is 21.8 Å². The molecule has 4 rings (SSSR count). The Morgan fingerprint density at radius 1 is 1.13 bits per heavy atom. The Morgan fingerprint density at radius 3 is 2.74 bits per heavy atom. The van der Waals surface area contributed by atoms with E-state index in [9.17, 15) is 4.79 Å². The number of carbonyl (C=O) groups excluding carboxylic acids is 1. The maximum absolute atomic E-state index is 12.7. The number of ether oxygens (including phenoxy) is 1. The van der Waals surface area contributed by atoms with Crippen molar-refractivity contribution in [1.82, 2.24) is 14.9 Å². The van der Waals surface area contributed by atoms with Crippen molar-refractivity contribution in [2.75, 3.05) is 30.3 Å². The molecule has 0 unspecified atom stereocenters. The summed E-state index contributed by atoms with van der Waals surface area (Å²) in [5.74, 6) is 2.47. The number of aromatic nitrogens is 2. The molecule has 1 saturated heterocycles. The Kier molecular flexibility index (Phi) is 6.94. The summed E-state index contributed by atoms with van der Waals surface area (Å²) >= 11 is 7.60. The van der Waals surface area contributed by atoms with Crippen molar-refractivity contribution in [3.8, 4) is 11.6 Å². The number of hydrogen-bond donors (Lipinski definition) is 0. The van der Waals surface area contributed by atoms with Crippen molar-refractivity contribution in [2.45, 2.75) is 17.9 Å². The Labute approximate surface area is 191 Å². The summed E-state index contributed by atoms with van der Waals surface area (Å²) in [4.78, 5) is 26.6. The molecule has 0 radical (unpaired) electrons. The Bertz CT molecular complexity index is 1040. The van der Waals surface area contributed by atoms with Gasteiger partial charge in [0.1, 0.15) is 17.9 Å².